The van der Waals surface area contributed by atoms with Crippen molar-refractivity contribution in [1.29, 1.82) is 0 Å². The molecule has 0 saturated carbocycles. The molecule has 4 N–H and O–H groups in total. The molecule has 3 heteroatoms. The topological polar surface area (TPSA) is 66.5 Å². The van der Waals surface area contributed by atoms with Crippen LogP contribution in [0.25, 0.3) is 0 Å². The second kappa shape index (κ2) is 14.9. The molecule has 2 aromatic carbocycles. The molecule has 0 amide bonds. The first-order valence-corrected chi connectivity index (χ1v) is 11.9. The maximum Gasteiger partial charge on any atom is 0.118 e. The van der Waals surface area contributed by atoms with Gasteiger partial charge in [0.15, 0.2) is 0 Å². The van der Waals surface area contributed by atoms with Crippen LogP contribution in [0.3, 0.4) is 0 Å². The number of aromatic hydroxyl groups is 2. The van der Waals surface area contributed by atoms with Gasteiger partial charge in [-0.2, -0.15) is 0 Å². The average Bonchev–Trinajstić information content (AvgIpc) is 2.75. The predicted molar refractivity (Wildman–Crippen MR) is 127 cm³/mol. The highest BCUT2D eigenvalue weighted by atomic mass is 16.3. The van der Waals surface area contributed by atoms with Crippen LogP contribution in [0.4, 0.5) is 0 Å². The predicted octanol–water partition coefficient (Wildman–Crippen LogP) is 6.75. The molecule has 2 rings (SSSR count). The molecule has 0 bridgehead atoms. The van der Waals surface area contributed by atoms with E-state index in [1.807, 2.05) is 36.4 Å². The Morgan fingerprint density at radius 1 is 0.567 bits per heavy atom. The Morgan fingerprint density at radius 3 is 1.40 bits per heavy atom. The fourth-order valence-electron chi connectivity index (χ4n) is 4.26. The van der Waals surface area contributed by atoms with Crippen molar-refractivity contribution < 1.29 is 10.2 Å². The lowest BCUT2D eigenvalue weighted by atomic mass is 9.87. The SMILES string of the molecule is NCCCCCCCCCCCCC(Cc1ccccc1O)Cc1ccccc1O. The molecule has 30 heavy (non-hydrogen) atoms. The third-order valence-electron chi connectivity index (χ3n) is 6.07. The minimum absolute atomic E-state index is 0.381. The van der Waals surface area contributed by atoms with Gasteiger partial charge >= 0.3 is 0 Å². The molecule has 0 fully saturated rings. The number of nitrogens with two attached hydrogens (primary N) is 1. The van der Waals surface area contributed by atoms with Crippen molar-refractivity contribution in [3.8, 4) is 11.5 Å². The summed E-state index contributed by atoms with van der Waals surface area (Å²) in [6.45, 7) is 0.828. The molecule has 0 saturated heterocycles. The van der Waals surface area contributed by atoms with E-state index in [0.717, 1.165) is 36.9 Å². The lowest BCUT2D eigenvalue weighted by Crippen LogP contribution is -2.09. The molecule has 2 aromatic rings. The highest BCUT2D eigenvalue weighted by Gasteiger charge is 2.14. The molecule has 0 radical (unpaired) electrons. The Labute approximate surface area is 183 Å². The number of phenols is 2. The second-order valence-corrected chi connectivity index (χ2v) is 8.64. The molecule has 3 nitrogen and oxygen atoms in total. The van der Waals surface area contributed by atoms with Gasteiger partial charge in [-0.05, 0) is 61.4 Å². The quantitative estimate of drug-likeness (QED) is 0.268. The van der Waals surface area contributed by atoms with E-state index < -0.39 is 0 Å². The highest BCUT2D eigenvalue weighted by Crippen LogP contribution is 2.28. The van der Waals surface area contributed by atoms with Crippen molar-refractivity contribution >= 4 is 0 Å². The molecule has 0 atom stereocenters. The summed E-state index contributed by atoms with van der Waals surface area (Å²) in [6.07, 6.45) is 15.8. The number of phenolic OH excluding ortho intramolecular Hbond substituents is 2. The minimum Gasteiger partial charge on any atom is -0.508 e. The summed E-state index contributed by atoms with van der Waals surface area (Å²) < 4.78 is 0. The van der Waals surface area contributed by atoms with Crippen molar-refractivity contribution in [2.24, 2.45) is 11.7 Å². The van der Waals surface area contributed by atoms with E-state index in [1.54, 1.807) is 12.1 Å². The van der Waals surface area contributed by atoms with Crippen molar-refractivity contribution in [3.63, 3.8) is 0 Å². The van der Waals surface area contributed by atoms with E-state index in [1.165, 1.54) is 64.2 Å². The summed E-state index contributed by atoms with van der Waals surface area (Å²) in [5.74, 6) is 1.19. The zero-order valence-corrected chi connectivity index (χ0v) is 18.6. The fraction of sp³-hybridized carbons (Fsp3) is 0.556. The van der Waals surface area contributed by atoms with Gasteiger partial charge in [-0.25, -0.2) is 0 Å². The standard InChI is InChI=1S/C27H41NO2/c28-20-14-8-6-4-2-1-3-5-7-9-15-23(21-24-16-10-12-18-26(24)29)22-25-17-11-13-19-27(25)30/h10-13,16-19,23,29-30H,1-9,14-15,20-22,28H2. The Hall–Kier alpha value is -2.00. The van der Waals surface area contributed by atoms with Gasteiger partial charge in [-0.1, -0.05) is 94.2 Å². The number of benzene rings is 2. The largest absolute Gasteiger partial charge is 0.508 e. The summed E-state index contributed by atoms with van der Waals surface area (Å²) in [7, 11) is 0. The zero-order valence-electron chi connectivity index (χ0n) is 18.6. The van der Waals surface area contributed by atoms with E-state index in [-0.39, 0.29) is 0 Å². The maximum absolute atomic E-state index is 10.2. The summed E-state index contributed by atoms with van der Waals surface area (Å²) in [5, 5.41) is 20.4. The van der Waals surface area contributed by atoms with Crippen molar-refractivity contribution in [2.75, 3.05) is 6.54 Å². The lowest BCUT2D eigenvalue weighted by molar-refractivity contribution is 0.414. The van der Waals surface area contributed by atoms with E-state index in [2.05, 4.69) is 0 Å². The summed E-state index contributed by atoms with van der Waals surface area (Å²) in [5.41, 5.74) is 7.55. The van der Waals surface area contributed by atoms with Crippen LogP contribution in [0.1, 0.15) is 81.8 Å². The molecule has 0 unspecified atom stereocenters. The van der Waals surface area contributed by atoms with Gasteiger partial charge in [0.1, 0.15) is 11.5 Å². The van der Waals surface area contributed by atoms with E-state index in [0.29, 0.717) is 17.4 Å². The second-order valence-electron chi connectivity index (χ2n) is 8.64. The Balaban J connectivity index is 1.72. The third kappa shape index (κ3) is 9.67. The van der Waals surface area contributed by atoms with Crippen LogP contribution in [0, 0.1) is 5.92 Å². The van der Waals surface area contributed by atoms with Gasteiger partial charge in [0.05, 0.1) is 0 Å². The van der Waals surface area contributed by atoms with E-state index >= 15 is 0 Å². The number of unbranched alkanes of at least 4 members (excludes halogenated alkanes) is 9. The molecule has 0 heterocycles. The number of hydrogen-bond acceptors (Lipinski definition) is 3. The Morgan fingerprint density at radius 2 is 0.967 bits per heavy atom. The van der Waals surface area contributed by atoms with Gasteiger partial charge in [0.25, 0.3) is 0 Å². The van der Waals surface area contributed by atoms with Crippen LogP contribution in [0.5, 0.6) is 11.5 Å². The minimum atomic E-state index is 0.381. The summed E-state index contributed by atoms with van der Waals surface area (Å²) in [4.78, 5) is 0. The number of rotatable bonds is 16. The van der Waals surface area contributed by atoms with Crippen LogP contribution in [-0.4, -0.2) is 16.8 Å². The normalized spacial score (nSPS) is 11.3. The Bertz CT molecular complexity index is 653. The maximum atomic E-state index is 10.2. The van der Waals surface area contributed by atoms with E-state index in [4.69, 9.17) is 5.73 Å². The molecular formula is C27H41NO2. The van der Waals surface area contributed by atoms with Crippen molar-refractivity contribution in [3.05, 3.63) is 59.7 Å². The number of hydrogen-bond donors (Lipinski definition) is 3. The summed E-state index contributed by atoms with van der Waals surface area (Å²) in [6, 6.07) is 15.3. The van der Waals surface area contributed by atoms with Gasteiger partial charge in [-0.15, -0.1) is 0 Å². The van der Waals surface area contributed by atoms with Gasteiger partial charge in [-0.3, -0.25) is 0 Å². The molecule has 0 aliphatic carbocycles. The van der Waals surface area contributed by atoms with Gasteiger partial charge in [0, 0.05) is 0 Å². The summed E-state index contributed by atoms with van der Waals surface area (Å²) >= 11 is 0. The first-order chi connectivity index (χ1) is 14.7. The first-order valence-electron chi connectivity index (χ1n) is 11.9. The van der Waals surface area contributed by atoms with Crippen LogP contribution in [-0.2, 0) is 12.8 Å². The Kier molecular flexibility index (Phi) is 12.1. The number of para-hydroxylation sites is 2. The van der Waals surface area contributed by atoms with Crippen LogP contribution >= 0.6 is 0 Å². The molecule has 166 valence electrons. The van der Waals surface area contributed by atoms with E-state index in [9.17, 15) is 10.2 Å². The molecule has 0 aromatic heterocycles. The van der Waals surface area contributed by atoms with Gasteiger partial charge < -0.3 is 15.9 Å². The van der Waals surface area contributed by atoms with Crippen LogP contribution in [0.15, 0.2) is 48.5 Å². The van der Waals surface area contributed by atoms with Crippen LogP contribution < -0.4 is 5.73 Å². The molecule has 0 spiro atoms. The van der Waals surface area contributed by atoms with Crippen molar-refractivity contribution in [1.82, 2.24) is 0 Å². The average molecular weight is 412 g/mol. The smallest absolute Gasteiger partial charge is 0.118 e. The molecule has 0 aliphatic rings. The fourth-order valence-corrected chi connectivity index (χ4v) is 4.26. The molecular weight excluding hydrogens is 370 g/mol. The third-order valence-corrected chi connectivity index (χ3v) is 6.07. The monoisotopic (exact) mass is 411 g/mol. The molecule has 0 aliphatic heterocycles. The first kappa shape index (κ1) is 24.3. The van der Waals surface area contributed by atoms with Crippen molar-refractivity contribution in [2.45, 2.75) is 83.5 Å². The highest BCUT2D eigenvalue weighted by molar-refractivity contribution is 5.34. The lowest BCUT2D eigenvalue weighted by Gasteiger charge is -2.18. The van der Waals surface area contributed by atoms with Gasteiger partial charge in [0.2, 0.25) is 0 Å². The van der Waals surface area contributed by atoms with Crippen LogP contribution in [0.2, 0.25) is 0 Å². The zero-order chi connectivity index (χ0) is 21.4.